The van der Waals surface area contributed by atoms with Crippen LogP contribution in [0.1, 0.15) is 6.92 Å². The second-order valence-corrected chi connectivity index (χ2v) is 4.89. The van der Waals surface area contributed by atoms with Gasteiger partial charge in [0, 0.05) is 16.7 Å². The molecule has 0 atom stereocenters. The summed E-state index contributed by atoms with van der Waals surface area (Å²) in [5, 5.41) is 0. The Hall–Kier alpha value is -0.820. The minimum atomic E-state index is -0.0146. The van der Waals surface area contributed by atoms with Crippen molar-refractivity contribution < 1.29 is 14.3 Å². The molecule has 0 saturated carbocycles. The number of hydrogen-bond acceptors (Lipinski definition) is 3. The maximum absolute atomic E-state index is 11.8. The largest absolute Gasteiger partial charge is 0.482 e. The number of rotatable bonds is 4. The van der Waals surface area contributed by atoms with Crippen LogP contribution in [0.15, 0.2) is 18.2 Å². The molecule has 4 nitrogen and oxygen atoms in total. The van der Waals surface area contributed by atoms with Crippen LogP contribution in [0.25, 0.3) is 0 Å². The van der Waals surface area contributed by atoms with Crippen LogP contribution >= 0.6 is 22.6 Å². The van der Waals surface area contributed by atoms with Gasteiger partial charge in [0.15, 0.2) is 6.61 Å². The Morgan fingerprint density at radius 1 is 1.53 bits per heavy atom. The fourth-order valence-corrected chi connectivity index (χ4v) is 2.20. The smallest absolute Gasteiger partial charge is 0.265 e. The third kappa shape index (κ3) is 2.90. The molecule has 2 rings (SSSR count). The fraction of sp³-hybridized carbons (Fsp3) is 0.417. The van der Waals surface area contributed by atoms with E-state index in [0.29, 0.717) is 19.8 Å². The van der Waals surface area contributed by atoms with E-state index in [1.54, 1.807) is 4.90 Å². The molecule has 17 heavy (non-hydrogen) atoms. The predicted octanol–water partition coefficient (Wildman–Crippen LogP) is 2.05. The number of nitrogens with zero attached hydrogens (tertiary/aromatic N) is 1. The maximum atomic E-state index is 11.8. The summed E-state index contributed by atoms with van der Waals surface area (Å²) in [5.74, 6) is 0.751. The molecule has 0 spiro atoms. The van der Waals surface area contributed by atoms with E-state index in [2.05, 4.69) is 22.6 Å². The number of halogens is 1. The molecule has 92 valence electrons. The summed E-state index contributed by atoms with van der Waals surface area (Å²) in [4.78, 5) is 13.5. The first kappa shape index (κ1) is 12.6. The van der Waals surface area contributed by atoms with Crippen LogP contribution < -0.4 is 9.64 Å². The van der Waals surface area contributed by atoms with Crippen LogP contribution in [-0.4, -0.2) is 32.3 Å². The van der Waals surface area contributed by atoms with Gasteiger partial charge in [0.05, 0.1) is 12.3 Å². The summed E-state index contributed by atoms with van der Waals surface area (Å²) in [7, 11) is 0. The highest BCUT2D eigenvalue weighted by atomic mass is 127. The van der Waals surface area contributed by atoms with Crippen LogP contribution in [0.2, 0.25) is 0 Å². The molecule has 0 aliphatic carbocycles. The summed E-state index contributed by atoms with van der Waals surface area (Å²) < 4.78 is 11.8. The number of carbonyl (C=O) groups is 1. The van der Waals surface area contributed by atoms with E-state index >= 15 is 0 Å². The van der Waals surface area contributed by atoms with Gasteiger partial charge in [-0.3, -0.25) is 4.79 Å². The highest BCUT2D eigenvalue weighted by molar-refractivity contribution is 14.1. The molecule has 0 unspecified atom stereocenters. The van der Waals surface area contributed by atoms with Crippen LogP contribution in [0.5, 0.6) is 5.75 Å². The Morgan fingerprint density at radius 2 is 2.35 bits per heavy atom. The zero-order valence-corrected chi connectivity index (χ0v) is 11.8. The van der Waals surface area contributed by atoms with Crippen LogP contribution in [0, 0.1) is 3.57 Å². The Labute approximate surface area is 114 Å². The molecule has 1 amide bonds. The fourth-order valence-electron chi connectivity index (χ4n) is 1.72. The lowest BCUT2D eigenvalue weighted by Crippen LogP contribution is -2.40. The average molecular weight is 347 g/mol. The Bertz CT molecular complexity index is 422. The molecule has 0 N–H and O–H groups in total. The summed E-state index contributed by atoms with van der Waals surface area (Å²) >= 11 is 2.22. The molecule has 1 aliphatic heterocycles. The van der Waals surface area contributed by atoms with E-state index in [9.17, 15) is 4.79 Å². The molecule has 0 aromatic heterocycles. The van der Waals surface area contributed by atoms with Gasteiger partial charge in [-0.25, -0.2) is 0 Å². The monoisotopic (exact) mass is 347 g/mol. The van der Waals surface area contributed by atoms with Gasteiger partial charge in [-0.1, -0.05) is 0 Å². The van der Waals surface area contributed by atoms with Gasteiger partial charge in [-0.15, -0.1) is 0 Å². The number of amides is 1. The Balaban J connectivity index is 2.20. The molecule has 1 heterocycles. The first-order chi connectivity index (χ1) is 8.22. The normalized spacial score (nSPS) is 14.5. The number of carbonyl (C=O) groups excluding carboxylic acids is 1. The number of benzene rings is 1. The van der Waals surface area contributed by atoms with E-state index in [1.807, 2.05) is 25.1 Å². The van der Waals surface area contributed by atoms with Gasteiger partial charge in [-0.05, 0) is 47.7 Å². The van der Waals surface area contributed by atoms with Crippen molar-refractivity contribution in [2.75, 3.05) is 31.3 Å². The second kappa shape index (κ2) is 5.68. The highest BCUT2D eigenvalue weighted by Crippen LogP contribution is 2.33. The molecule has 5 heteroatoms. The van der Waals surface area contributed by atoms with Crippen molar-refractivity contribution in [3.63, 3.8) is 0 Å². The first-order valence-electron chi connectivity index (χ1n) is 5.53. The minimum Gasteiger partial charge on any atom is -0.482 e. The molecule has 1 aromatic rings. The van der Waals surface area contributed by atoms with Crippen LogP contribution in [-0.2, 0) is 9.53 Å². The van der Waals surface area contributed by atoms with Gasteiger partial charge in [0.2, 0.25) is 0 Å². The van der Waals surface area contributed by atoms with Gasteiger partial charge in [0.25, 0.3) is 5.91 Å². The van der Waals surface area contributed by atoms with Crippen molar-refractivity contribution in [3.8, 4) is 5.75 Å². The van der Waals surface area contributed by atoms with E-state index in [4.69, 9.17) is 9.47 Å². The number of fused-ring (bicyclic) bond motifs is 1. The summed E-state index contributed by atoms with van der Waals surface area (Å²) in [6.07, 6.45) is 0. The maximum Gasteiger partial charge on any atom is 0.265 e. The lowest BCUT2D eigenvalue weighted by Gasteiger charge is -2.29. The first-order valence-corrected chi connectivity index (χ1v) is 6.60. The zero-order chi connectivity index (χ0) is 12.3. The number of hydrogen-bond donors (Lipinski definition) is 0. The van der Waals surface area contributed by atoms with Crippen molar-refractivity contribution in [2.24, 2.45) is 0 Å². The Kier molecular flexibility index (Phi) is 4.22. The summed E-state index contributed by atoms with van der Waals surface area (Å²) in [6.45, 7) is 3.84. The van der Waals surface area contributed by atoms with Crippen molar-refractivity contribution in [2.45, 2.75) is 6.92 Å². The van der Waals surface area contributed by atoms with E-state index < -0.39 is 0 Å². The van der Waals surface area contributed by atoms with E-state index in [-0.39, 0.29) is 12.5 Å². The molecular formula is C12H14INO3. The van der Waals surface area contributed by atoms with Gasteiger partial charge < -0.3 is 14.4 Å². The minimum absolute atomic E-state index is 0.0146. The average Bonchev–Trinajstić information content (AvgIpc) is 2.32. The van der Waals surface area contributed by atoms with Crippen molar-refractivity contribution in [1.29, 1.82) is 0 Å². The second-order valence-electron chi connectivity index (χ2n) is 3.64. The number of anilines is 1. The third-order valence-electron chi connectivity index (χ3n) is 2.53. The third-order valence-corrected chi connectivity index (χ3v) is 3.20. The van der Waals surface area contributed by atoms with Crippen LogP contribution in [0.3, 0.4) is 0 Å². The SMILES string of the molecule is CCOCCN1C(=O)COc2ccc(I)cc21. The summed E-state index contributed by atoms with van der Waals surface area (Å²) in [6, 6.07) is 5.83. The van der Waals surface area contributed by atoms with Gasteiger partial charge >= 0.3 is 0 Å². The lowest BCUT2D eigenvalue weighted by molar-refractivity contribution is -0.121. The molecule has 1 aromatic carbocycles. The topological polar surface area (TPSA) is 38.8 Å². The molecule has 0 saturated heterocycles. The molecule has 0 fully saturated rings. The van der Waals surface area contributed by atoms with Gasteiger partial charge in [-0.2, -0.15) is 0 Å². The summed E-state index contributed by atoms with van der Waals surface area (Å²) in [5.41, 5.74) is 0.841. The lowest BCUT2D eigenvalue weighted by atomic mass is 10.2. The predicted molar refractivity (Wildman–Crippen MR) is 73.5 cm³/mol. The zero-order valence-electron chi connectivity index (χ0n) is 9.61. The standard InChI is InChI=1S/C12H14INO3/c1-2-16-6-5-14-10-7-9(13)3-4-11(10)17-8-12(14)15/h3-4,7H,2,5-6,8H2,1H3. The van der Waals surface area contributed by atoms with E-state index in [0.717, 1.165) is 15.0 Å². The van der Waals surface area contributed by atoms with Crippen molar-refractivity contribution >= 4 is 34.2 Å². The molecule has 0 bridgehead atoms. The molecule has 1 aliphatic rings. The molecular weight excluding hydrogens is 333 g/mol. The van der Waals surface area contributed by atoms with E-state index in [1.165, 1.54) is 0 Å². The van der Waals surface area contributed by atoms with Crippen molar-refractivity contribution in [3.05, 3.63) is 21.8 Å². The Morgan fingerprint density at radius 3 is 3.12 bits per heavy atom. The van der Waals surface area contributed by atoms with Gasteiger partial charge in [0.1, 0.15) is 5.75 Å². The molecule has 0 radical (unpaired) electrons. The quantitative estimate of drug-likeness (QED) is 0.618. The van der Waals surface area contributed by atoms with Crippen LogP contribution in [0.4, 0.5) is 5.69 Å². The highest BCUT2D eigenvalue weighted by Gasteiger charge is 2.25. The van der Waals surface area contributed by atoms with Crippen molar-refractivity contribution in [1.82, 2.24) is 0 Å². The number of ether oxygens (including phenoxy) is 2.